The van der Waals surface area contributed by atoms with Crippen LogP contribution in [0.1, 0.15) is 38.5 Å². The number of methoxy groups -OCH3 is 1. The van der Waals surface area contributed by atoms with Gasteiger partial charge in [0.1, 0.15) is 0 Å². The molecule has 0 radical (unpaired) electrons. The Labute approximate surface area is 91.9 Å². The van der Waals surface area contributed by atoms with E-state index in [4.69, 9.17) is 9.84 Å². The second-order valence-electron chi connectivity index (χ2n) is 3.84. The normalized spacial score (nSPS) is 15.2. The predicted octanol–water partition coefficient (Wildman–Crippen LogP) is 0.687. The molecule has 2 atom stereocenters. The maximum absolute atomic E-state index is 9.56. The smallest absolute Gasteiger partial charge is 0.0800 e. The summed E-state index contributed by atoms with van der Waals surface area (Å²) in [5, 5.41) is 27.7. The van der Waals surface area contributed by atoms with Gasteiger partial charge in [0.2, 0.25) is 0 Å². The molecule has 0 rings (SSSR count). The highest BCUT2D eigenvalue weighted by atomic mass is 16.5. The molecule has 0 aliphatic carbocycles. The largest absolute Gasteiger partial charge is 0.396 e. The Hall–Kier alpha value is -0.160. The Balaban J connectivity index is 3.38. The lowest BCUT2D eigenvalue weighted by molar-refractivity contribution is 0.00392. The number of rotatable bonds is 10. The summed E-state index contributed by atoms with van der Waals surface area (Å²) in [6, 6.07) is 0. The van der Waals surface area contributed by atoms with E-state index >= 15 is 0 Å². The number of hydrogen-bond donors (Lipinski definition) is 3. The monoisotopic (exact) mass is 220 g/mol. The molecule has 15 heavy (non-hydrogen) atoms. The minimum Gasteiger partial charge on any atom is -0.396 e. The zero-order valence-electron chi connectivity index (χ0n) is 9.56. The number of aliphatic hydroxyl groups is 3. The molecule has 0 saturated heterocycles. The number of unbranched alkanes of at least 4 members (excludes halogenated alkanes) is 2. The summed E-state index contributed by atoms with van der Waals surface area (Å²) in [4.78, 5) is 0. The lowest BCUT2D eigenvalue weighted by Crippen LogP contribution is -2.26. The van der Waals surface area contributed by atoms with Crippen LogP contribution in [-0.2, 0) is 4.74 Å². The summed E-state index contributed by atoms with van der Waals surface area (Å²) < 4.78 is 4.86. The van der Waals surface area contributed by atoms with Gasteiger partial charge in [0, 0.05) is 20.3 Å². The van der Waals surface area contributed by atoms with Crippen LogP contribution < -0.4 is 0 Å². The van der Waals surface area contributed by atoms with Crippen molar-refractivity contribution >= 4 is 0 Å². The highest BCUT2D eigenvalue weighted by Crippen LogP contribution is 2.10. The van der Waals surface area contributed by atoms with Gasteiger partial charge in [-0.25, -0.2) is 0 Å². The average Bonchev–Trinajstić information content (AvgIpc) is 2.24. The van der Waals surface area contributed by atoms with Crippen LogP contribution in [0, 0.1) is 0 Å². The van der Waals surface area contributed by atoms with Gasteiger partial charge in [-0.05, 0) is 25.7 Å². The highest BCUT2D eigenvalue weighted by Gasteiger charge is 2.14. The van der Waals surface area contributed by atoms with Crippen molar-refractivity contribution in [2.75, 3.05) is 20.3 Å². The second-order valence-corrected chi connectivity index (χ2v) is 3.84. The Kier molecular flexibility index (Phi) is 10.3. The lowest BCUT2D eigenvalue weighted by Gasteiger charge is -2.17. The molecule has 4 nitrogen and oxygen atoms in total. The molecule has 0 aromatic heterocycles. The van der Waals surface area contributed by atoms with Gasteiger partial charge in [0.25, 0.3) is 0 Å². The summed E-state index contributed by atoms with van der Waals surface area (Å²) in [7, 11) is 1.62. The van der Waals surface area contributed by atoms with Crippen molar-refractivity contribution in [2.45, 2.75) is 50.7 Å². The first-order chi connectivity index (χ1) is 7.22. The molecule has 2 unspecified atom stereocenters. The SMILES string of the molecule is COCCCC(O)C(O)CCCCCO. The van der Waals surface area contributed by atoms with Gasteiger partial charge in [0.05, 0.1) is 12.2 Å². The predicted molar refractivity (Wildman–Crippen MR) is 58.7 cm³/mol. The Bertz CT molecular complexity index is 130. The van der Waals surface area contributed by atoms with E-state index in [-0.39, 0.29) is 6.61 Å². The van der Waals surface area contributed by atoms with Crippen molar-refractivity contribution in [1.82, 2.24) is 0 Å². The molecule has 0 aromatic carbocycles. The molecule has 0 heterocycles. The summed E-state index contributed by atoms with van der Waals surface area (Å²) in [5.41, 5.74) is 0. The summed E-state index contributed by atoms with van der Waals surface area (Å²) in [6.45, 7) is 0.820. The topological polar surface area (TPSA) is 69.9 Å². The third kappa shape index (κ3) is 8.81. The van der Waals surface area contributed by atoms with Crippen LogP contribution in [0.25, 0.3) is 0 Å². The van der Waals surface area contributed by atoms with Gasteiger partial charge >= 0.3 is 0 Å². The lowest BCUT2D eigenvalue weighted by atomic mass is 10.0. The Morgan fingerprint density at radius 2 is 1.53 bits per heavy atom. The van der Waals surface area contributed by atoms with Crippen molar-refractivity contribution in [3.8, 4) is 0 Å². The molecule has 0 aromatic rings. The van der Waals surface area contributed by atoms with E-state index in [9.17, 15) is 10.2 Å². The average molecular weight is 220 g/mol. The van der Waals surface area contributed by atoms with Gasteiger partial charge in [-0.1, -0.05) is 12.8 Å². The molecule has 4 heteroatoms. The molecule has 0 aliphatic rings. The first-order valence-corrected chi connectivity index (χ1v) is 5.68. The molecular formula is C11H24O4. The third-order valence-corrected chi connectivity index (χ3v) is 2.45. The fraction of sp³-hybridized carbons (Fsp3) is 1.00. The van der Waals surface area contributed by atoms with Crippen molar-refractivity contribution < 1.29 is 20.1 Å². The molecule has 3 N–H and O–H groups in total. The Morgan fingerprint density at radius 1 is 0.933 bits per heavy atom. The van der Waals surface area contributed by atoms with E-state index in [0.717, 1.165) is 25.7 Å². The fourth-order valence-electron chi connectivity index (χ4n) is 1.46. The van der Waals surface area contributed by atoms with Crippen LogP contribution in [0.2, 0.25) is 0 Å². The van der Waals surface area contributed by atoms with E-state index in [1.165, 1.54) is 0 Å². The first-order valence-electron chi connectivity index (χ1n) is 5.68. The summed E-state index contributed by atoms with van der Waals surface area (Å²) in [6.07, 6.45) is 3.19. The molecule has 0 aliphatic heterocycles. The van der Waals surface area contributed by atoms with E-state index < -0.39 is 12.2 Å². The third-order valence-electron chi connectivity index (χ3n) is 2.45. The number of aliphatic hydroxyl groups excluding tert-OH is 3. The Morgan fingerprint density at radius 3 is 2.07 bits per heavy atom. The van der Waals surface area contributed by atoms with Gasteiger partial charge < -0.3 is 20.1 Å². The second kappa shape index (κ2) is 10.4. The fourth-order valence-corrected chi connectivity index (χ4v) is 1.46. The van der Waals surface area contributed by atoms with Crippen LogP contribution in [0.5, 0.6) is 0 Å². The number of hydrogen-bond acceptors (Lipinski definition) is 4. The van der Waals surface area contributed by atoms with Gasteiger partial charge in [-0.2, -0.15) is 0 Å². The minimum atomic E-state index is -0.644. The minimum absolute atomic E-state index is 0.201. The van der Waals surface area contributed by atoms with Crippen LogP contribution in [-0.4, -0.2) is 47.9 Å². The first kappa shape index (κ1) is 14.8. The highest BCUT2D eigenvalue weighted by molar-refractivity contribution is 4.67. The standard InChI is InChI=1S/C11H24O4/c1-15-9-5-7-11(14)10(13)6-3-2-4-8-12/h10-14H,2-9H2,1H3. The molecule has 0 fully saturated rings. The van der Waals surface area contributed by atoms with Crippen LogP contribution in [0.4, 0.5) is 0 Å². The van der Waals surface area contributed by atoms with Crippen LogP contribution in [0.15, 0.2) is 0 Å². The van der Waals surface area contributed by atoms with Crippen LogP contribution >= 0.6 is 0 Å². The van der Waals surface area contributed by atoms with Crippen molar-refractivity contribution in [3.63, 3.8) is 0 Å². The van der Waals surface area contributed by atoms with Gasteiger partial charge in [-0.3, -0.25) is 0 Å². The zero-order valence-corrected chi connectivity index (χ0v) is 9.56. The number of ether oxygens (including phenoxy) is 1. The molecule has 92 valence electrons. The molecule has 0 amide bonds. The molecule has 0 saturated carbocycles. The van der Waals surface area contributed by atoms with Crippen molar-refractivity contribution in [3.05, 3.63) is 0 Å². The molecule has 0 bridgehead atoms. The van der Waals surface area contributed by atoms with Crippen molar-refractivity contribution in [2.24, 2.45) is 0 Å². The van der Waals surface area contributed by atoms with Gasteiger partial charge in [-0.15, -0.1) is 0 Å². The summed E-state index contributed by atoms with van der Waals surface area (Å²) in [5.74, 6) is 0. The van der Waals surface area contributed by atoms with E-state index in [1.54, 1.807) is 7.11 Å². The quantitative estimate of drug-likeness (QED) is 0.474. The maximum Gasteiger partial charge on any atom is 0.0800 e. The zero-order chi connectivity index (χ0) is 11.5. The van der Waals surface area contributed by atoms with Crippen molar-refractivity contribution in [1.29, 1.82) is 0 Å². The van der Waals surface area contributed by atoms with E-state index in [2.05, 4.69) is 0 Å². The van der Waals surface area contributed by atoms with Gasteiger partial charge in [0.15, 0.2) is 0 Å². The van der Waals surface area contributed by atoms with E-state index in [0.29, 0.717) is 19.4 Å². The molecule has 0 spiro atoms. The summed E-state index contributed by atoms with van der Waals surface area (Å²) >= 11 is 0. The molecular weight excluding hydrogens is 196 g/mol. The van der Waals surface area contributed by atoms with Crippen LogP contribution in [0.3, 0.4) is 0 Å². The van der Waals surface area contributed by atoms with E-state index in [1.807, 2.05) is 0 Å². The maximum atomic E-state index is 9.56.